The molecular weight excluding hydrogens is 386 g/mol. The van der Waals surface area contributed by atoms with Crippen molar-refractivity contribution in [3.8, 4) is 6.07 Å². The summed E-state index contributed by atoms with van der Waals surface area (Å²) in [6, 6.07) is 17.1. The van der Waals surface area contributed by atoms with Crippen molar-refractivity contribution in [1.29, 1.82) is 5.26 Å². The van der Waals surface area contributed by atoms with E-state index < -0.39 is 0 Å². The molecular formula is C23H25NO4S. The summed E-state index contributed by atoms with van der Waals surface area (Å²) in [5, 5.41) is 9.32. The lowest BCUT2D eigenvalue weighted by Gasteiger charge is -2.20. The number of carbonyl (C=O) groups excluding carboxylic acids is 2. The third kappa shape index (κ3) is 6.95. The second-order valence-electron chi connectivity index (χ2n) is 6.83. The minimum absolute atomic E-state index is 0.0799. The lowest BCUT2D eigenvalue weighted by Crippen LogP contribution is -2.08. The average molecular weight is 412 g/mol. The van der Waals surface area contributed by atoms with Crippen LogP contribution in [0.4, 0.5) is 0 Å². The minimum atomic E-state index is -0.373. The molecule has 0 heterocycles. The van der Waals surface area contributed by atoms with Crippen LogP contribution in [0.25, 0.3) is 0 Å². The lowest BCUT2D eigenvalue weighted by atomic mass is 9.97. The van der Waals surface area contributed by atoms with Gasteiger partial charge >= 0.3 is 11.9 Å². The van der Waals surface area contributed by atoms with Gasteiger partial charge in [0.25, 0.3) is 0 Å². The third-order valence-corrected chi connectivity index (χ3v) is 5.90. The number of methoxy groups -OCH3 is 2. The van der Waals surface area contributed by atoms with Crippen molar-refractivity contribution in [2.24, 2.45) is 5.92 Å². The Bertz CT molecular complexity index is 890. The molecule has 0 amide bonds. The van der Waals surface area contributed by atoms with E-state index in [0.29, 0.717) is 17.5 Å². The summed E-state index contributed by atoms with van der Waals surface area (Å²) in [5.41, 5.74) is 2.16. The third-order valence-electron chi connectivity index (χ3n) is 4.59. The molecule has 0 saturated carbocycles. The maximum atomic E-state index is 11.8. The smallest absolute Gasteiger partial charge is 0.337 e. The molecule has 2 unspecified atom stereocenters. The first kappa shape index (κ1) is 22.5. The first-order valence-corrected chi connectivity index (χ1v) is 10.3. The summed E-state index contributed by atoms with van der Waals surface area (Å²) in [6.07, 6.45) is 2.03. The number of benzene rings is 2. The zero-order valence-electron chi connectivity index (χ0n) is 16.9. The molecule has 0 saturated heterocycles. The Balaban J connectivity index is 2.21. The molecule has 0 aliphatic rings. The Hall–Kier alpha value is -2.78. The fourth-order valence-corrected chi connectivity index (χ4v) is 4.20. The molecule has 6 heteroatoms. The molecule has 2 atom stereocenters. The van der Waals surface area contributed by atoms with Gasteiger partial charge in [0.05, 0.1) is 31.4 Å². The average Bonchev–Trinajstić information content (AvgIpc) is 2.76. The maximum Gasteiger partial charge on any atom is 0.337 e. The number of thioether (sulfide) groups is 1. The van der Waals surface area contributed by atoms with Crippen LogP contribution in [0.1, 0.15) is 52.9 Å². The second-order valence-corrected chi connectivity index (χ2v) is 8.10. The zero-order chi connectivity index (χ0) is 21.2. The number of nitrogens with zero attached hydrogens (tertiary/aromatic N) is 1. The summed E-state index contributed by atoms with van der Waals surface area (Å²) in [5.74, 6) is -0.396. The van der Waals surface area contributed by atoms with Gasteiger partial charge in [0.2, 0.25) is 0 Å². The summed E-state index contributed by atoms with van der Waals surface area (Å²) >= 11 is 1.64. The SMILES string of the molecule is COC(=O)CC(C)CCC(Sc1cccc(C(=O)OC)c1)c1cccc(C#N)c1. The van der Waals surface area contributed by atoms with E-state index in [-0.39, 0.29) is 23.1 Å². The molecule has 0 bridgehead atoms. The monoisotopic (exact) mass is 411 g/mol. The van der Waals surface area contributed by atoms with Gasteiger partial charge in [0, 0.05) is 16.6 Å². The Kier molecular flexibility index (Phi) is 8.75. The van der Waals surface area contributed by atoms with E-state index in [0.717, 1.165) is 23.3 Å². The van der Waals surface area contributed by atoms with Crippen LogP contribution in [0.5, 0.6) is 0 Å². The van der Waals surface area contributed by atoms with Crippen LogP contribution in [-0.4, -0.2) is 26.2 Å². The topological polar surface area (TPSA) is 76.4 Å². The summed E-state index contributed by atoms with van der Waals surface area (Å²) in [4.78, 5) is 24.3. The van der Waals surface area contributed by atoms with Crippen LogP contribution in [0.15, 0.2) is 53.4 Å². The molecule has 0 radical (unpaired) electrons. The maximum absolute atomic E-state index is 11.8. The lowest BCUT2D eigenvalue weighted by molar-refractivity contribution is -0.141. The Labute approximate surface area is 176 Å². The number of ether oxygens (including phenoxy) is 2. The molecule has 152 valence electrons. The van der Waals surface area contributed by atoms with Crippen molar-refractivity contribution < 1.29 is 19.1 Å². The first-order chi connectivity index (χ1) is 14.0. The number of hydrogen-bond acceptors (Lipinski definition) is 6. The van der Waals surface area contributed by atoms with E-state index in [1.54, 1.807) is 23.9 Å². The van der Waals surface area contributed by atoms with Crippen LogP contribution >= 0.6 is 11.8 Å². The van der Waals surface area contributed by atoms with Crippen molar-refractivity contribution >= 4 is 23.7 Å². The van der Waals surface area contributed by atoms with Gasteiger partial charge in [-0.25, -0.2) is 4.79 Å². The fraction of sp³-hybridized carbons (Fsp3) is 0.348. The van der Waals surface area contributed by atoms with E-state index in [9.17, 15) is 14.9 Å². The highest BCUT2D eigenvalue weighted by molar-refractivity contribution is 7.99. The Morgan fingerprint density at radius 1 is 1.07 bits per heavy atom. The highest BCUT2D eigenvalue weighted by Crippen LogP contribution is 2.40. The predicted octanol–water partition coefficient (Wildman–Crippen LogP) is 5.16. The van der Waals surface area contributed by atoms with E-state index in [2.05, 4.69) is 6.07 Å². The van der Waals surface area contributed by atoms with Crippen molar-refractivity contribution in [2.75, 3.05) is 14.2 Å². The number of hydrogen-bond donors (Lipinski definition) is 0. The van der Waals surface area contributed by atoms with Crippen molar-refractivity contribution in [2.45, 2.75) is 36.3 Å². The van der Waals surface area contributed by atoms with Gasteiger partial charge in [0.15, 0.2) is 0 Å². The number of nitriles is 1. The highest BCUT2D eigenvalue weighted by atomic mass is 32.2. The van der Waals surface area contributed by atoms with Gasteiger partial charge in [-0.1, -0.05) is 25.1 Å². The molecule has 0 fully saturated rings. The van der Waals surface area contributed by atoms with Crippen LogP contribution < -0.4 is 0 Å². The molecule has 2 aromatic carbocycles. The predicted molar refractivity (Wildman–Crippen MR) is 113 cm³/mol. The van der Waals surface area contributed by atoms with Crippen LogP contribution in [-0.2, 0) is 14.3 Å². The van der Waals surface area contributed by atoms with E-state index in [1.165, 1.54) is 14.2 Å². The molecule has 29 heavy (non-hydrogen) atoms. The molecule has 5 nitrogen and oxygen atoms in total. The van der Waals surface area contributed by atoms with Gasteiger partial charge < -0.3 is 9.47 Å². The summed E-state index contributed by atoms with van der Waals surface area (Å²) in [6.45, 7) is 2.03. The van der Waals surface area contributed by atoms with Crippen LogP contribution in [0.2, 0.25) is 0 Å². The molecule has 0 aliphatic heterocycles. The number of carbonyl (C=O) groups is 2. The number of esters is 2. The van der Waals surface area contributed by atoms with E-state index in [1.807, 2.05) is 43.3 Å². The quantitative estimate of drug-likeness (QED) is 0.419. The normalized spacial score (nSPS) is 12.5. The summed E-state index contributed by atoms with van der Waals surface area (Å²) < 4.78 is 9.57. The zero-order valence-corrected chi connectivity index (χ0v) is 17.7. The van der Waals surface area contributed by atoms with Gasteiger partial charge in [-0.15, -0.1) is 11.8 Å². The molecule has 0 aliphatic carbocycles. The highest BCUT2D eigenvalue weighted by Gasteiger charge is 2.18. The van der Waals surface area contributed by atoms with Crippen LogP contribution in [0, 0.1) is 17.2 Å². The minimum Gasteiger partial charge on any atom is -0.469 e. The standard InChI is InChI=1S/C23H25NO4S/c1-16(12-22(25)27-2)10-11-21(18-7-4-6-17(13-18)15-24)29-20-9-5-8-19(14-20)23(26)28-3/h4-9,13-14,16,21H,10-12H2,1-3H3. The van der Waals surface area contributed by atoms with Crippen molar-refractivity contribution in [3.63, 3.8) is 0 Å². The molecule has 2 aromatic rings. The van der Waals surface area contributed by atoms with Gasteiger partial charge in [-0.3, -0.25) is 4.79 Å². The van der Waals surface area contributed by atoms with Gasteiger partial charge in [0.1, 0.15) is 0 Å². The van der Waals surface area contributed by atoms with Crippen molar-refractivity contribution in [3.05, 3.63) is 65.2 Å². The first-order valence-electron chi connectivity index (χ1n) is 9.38. The second kappa shape index (κ2) is 11.3. The molecule has 0 aromatic heterocycles. The molecule has 0 N–H and O–H groups in total. The van der Waals surface area contributed by atoms with E-state index >= 15 is 0 Å². The Morgan fingerprint density at radius 3 is 2.52 bits per heavy atom. The largest absolute Gasteiger partial charge is 0.469 e. The van der Waals surface area contributed by atoms with E-state index in [4.69, 9.17) is 9.47 Å². The Morgan fingerprint density at radius 2 is 1.83 bits per heavy atom. The molecule has 2 rings (SSSR count). The van der Waals surface area contributed by atoms with Gasteiger partial charge in [-0.2, -0.15) is 5.26 Å². The fourth-order valence-electron chi connectivity index (χ4n) is 2.99. The van der Waals surface area contributed by atoms with Gasteiger partial charge in [-0.05, 0) is 54.7 Å². The number of rotatable bonds is 9. The van der Waals surface area contributed by atoms with Crippen molar-refractivity contribution in [1.82, 2.24) is 0 Å². The van der Waals surface area contributed by atoms with Crippen LogP contribution in [0.3, 0.4) is 0 Å². The molecule has 0 spiro atoms. The summed E-state index contributed by atoms with van der Waals surface area (Å²) in [7, 11) is 2.76.